The fourth-order valence-electron chi connectivity index (χ4n) is 5.69. The van der Waals surface area contributed by atoms with Crippen LogP contribution in [0, 0.1) is 0 Å². The van der Waals surface area contributed by atoms with E-state index in [-0.39, 0.29) is 0 Å². The molecular weight excluding hydrogens is 538 g/mol. The lowest BCUT2D eigenvalue weighted by atomic mass is 9.99. The molecule has 0 rings (SSSR count). The summed E-state index contributed by atoms with van der Waals surface area (Å²) >= 11 is 0. The zero-order chi connectivity index (χ0) is 31.8. The van der Waals surface area contributed by atoms with Crippen LogP contribution in [0.2, 0.25) is 0 Å². The van der Waals surface area contributed by atoms with E-state index in [4.69, 9.17) is 0 Å². The van der Waals surface area contributed by atoms with Crippen LogP contribution in [0.4, 0.5) is 0 Å². The number of aliphatic hydroxyl groups excluding tert-OH is 4. The zero-order valence-electron chi connectivity index (χ0n) is 28.5. The van der Waals surface area contributed by atoms with Crippen LogP contribution in [0.1, 0.15) is 187 Å². The average Bonchev–Trinajstić information content (AvgIpc) is 3.01. The Kier molecular flexibility index (Phi) is 31.7. The second-order valence-electron chi connectivity index (χ2n) is 12.9. The fraction of sp³-hybridized carbons (Fsp3) is 0.919. The Labute approximate surface area is 266 Å². The number of hydrogen-bond donors (Lipinski definition) is 5. The molecule has 0 aliphatic heterocycles. The molecule has 0 heterocycles. The summed E-state index contributed by atoms with van der Waals surface area (Å²) in [7, 11) is 0. The van der Waals surface area contributed by atoms with Crippen LogP contribution in [-0.4, -0.2) is 57.3 Å². The van der Waals surface area contributed by atoms with E-state index in [0.717, 1.165) is 57.8 Å². The van der Waals surface area contributed by atoms with Crippen molar-refractivity contribution in [1.29, 1.82) is 0 Å². The van der Waals surface area contributed by atoms with Gasteiger partial charge in [-0.2, -0.15) is 0 Å². The Morgan fingerprint density at radius 2 is 0.930 bits per heavy atom. The molecule has 0 aromatic rings. The number of carbonyl (C=O) groups is 1. The standard InChI is InChI=1S/C37H73NO5/c1-3-5-7-9-11-13-15-16-17-18-19-21-22-24-26-28-30-34(40)36(42)33(32-39)38-37(43)35(41)31-29-27-25-23-20-14-12-10-8-6-4-2/h12,14,33-36,39-42H,3-11,13,15-32H2,1-2H3,(H,38,43)/b14-12-. The highest BCUT2D eigenvalue weighted by Gasteiger charge is 2.28. The molecule has 0 aliphatic carbocycles. The van der Waals surface area contributed by atoms with Crippen molar-refractivity contribution >= 4 is 5.91 Å². The predicted octanol–water partition coefficient (Wildman–Crippen LogP) is 8.67. The van der Waals surface area contributed by atoms with E-state index in [1.165, 1.54) is 103 Å². The Bertz CT molecular complexity index is 614. The third kappa shape index (κ3) is 27.1. The number of aliphatic hydroxyl groups is 4. The van der Waals surface area contributed by atoms with E-state index in [9.17, 15) is 25.2 Å². The summed E-state index contributed by atoms with van der Waals surface area (Å²) < 4.78 is 0. The van der Waals surface area contributed by atoms with Crippen molar-refractivity contribution in [3.05, 3.63) is 12.2 Å². The number of rotatable bonds is 33. The molecule has 0 radical (unpaired) electrons. The van der Waals surface area contributed by atoms with Gasteiger partial charge < -0.3 is 25.7 Å². The van der Waals surface area contributed by atoms with Gasteiger partial charge in [0.05, 0.1) is 18.8 Å². The number of amides is 1. The first kappa shape index (κ1) is 42.0. The first-order valence-electron chi connectivity index (χ1n) is 18.6. The first-order valence-corrected chi connectivity index (χ1v) is 18.6. The highest BCUT2D eigenvalue weighted by molar-refractivity contribution is 5.80. The third-order valence-electron chi connectivity index (χ3n) is 8.73. The minimum absolute atomic E-state index is 0.356. The molecule has 256 valence electrons. The summed E-state index contributed by atoms with van der Waals surface area (Å²) in [4.78, 5) is 12.4. The van der Waals surface area contributed by atoms with E-state index < -0.39 is 36.9 Å². The minimum atomic E-state index is -1.26. The number of nitrogens with one attached hydrogen (secondary N) is 1. The lowest BCUT2D eigenvalue weighted by molar-refractivity contribution is -0.132. The van der Waals surface area contributed by atoms with Crippen LogP contribution in [0.25, 0.3) is 0 Å². The van der Waals surface area contributed by atoms with Crippen LogP contribution < -0.4 is 5.32 Å². The topological polar surface area (TPSA) is 110 Å². The summed E-state index contributed by atoms with van der Waals surface area (Å²) in [5.41, 5.74) is 0. The molecule has 0 aliphatic rings. The molecule has 6 heteroatoms. The molecule has 1 amide bonds. The maximum absolute atomic E-state index is 12.4. The van der Waals surface area contributed by atoms with Crippen molar-refractivity contribution in [2.45, 2.75) is 212 Å². The van der Waals surface area contributed by atoms with Gasteiger partial charge in [-0.05, 0) is 38.5 Å². The van der Waals surface area contributed by atoms with E-state index in [0.29, 0.717) is 12.8 Å². The fourth-order valence-corrected chi connectivity index (χ4v) is 5.69. The van der Waals surface area contributed by atoms with Crippen molar-refractivity contribution in [1.82, 2.24) is 5.32 Å². The van der Waals surface area contributed by atoms with Crippen LogP contribution in [0.3, 0.4) is 0 Å². The smallest absolute Gasteiger partial charge is 0.249 e. The maximum atomic E-state index is 12.4. The van der Waals surface area contributed by atoms with Gasteiger partial charge in [-0.15, -0.1) is 0 Å². The summed E-state index contributed by atoms with van der Waals surface area (Å²) in [6.07, 6.45) is 32.3. The molecule has 0 saturated carbocycles. The maximum Gasteiger partial charge on any atom is 0.249 e. The van der Waals surface area contributed by atoms with Gasteiger partial charge in [-0.25, -0.2) is 0 Å². The highest BCUT2D eigenvalue weighted by Crippen LogP contribution is 2.16. The molecule has 0 bridgehead atoms. The first-order chi connectivity index (χ1) is 21.0. The molecular formula is C37H73NO5. The van der Waals surface area contributed by atoms with Crippen molar-refractivity contribution < 1.29 is 25.2 Å². The van der Waals surface area contributed by atoms with Crippen LogP contribution >= 0.6 is 0 Å². The third-order valence-corrected chi connectivity index (χ3v) is 8.73. The minimum Gasteiger partial charge on any atom is -0.394 e. The van der Waals surface area contributed by atoms with Crippen molar-refractivity contribution in [3.8, 4) is 0 Å². The van der Waals surface area contributed by atoms with E-state index >= 15 is 0 Å². The number of unbranched alkanes of at least 4 members (excludes halogenated alkanes) is 22. The molecule has 0 aromatic carbocycles. The Balaban J connectivity index is 3.80. The number of carbonyl (C=O) groups excluding carboxylic acids is 1. The van der Waals surface area contributed by atoms with Crippen molar-refractivity contribution in [2.75, 3.05) is 6.61 Å². The molecule has 4 atom stereocenters. The van der Waals surface area contributed by atoms with Gasteiger partial charge in [0.2, 0.25) is 5.91 Å². The lowest BCUT2D eigenvalue weighted by Gasteiger charge is -2.27. The average molecular weight is 612 g/mol. The normalized spacial score (nSPS) is 14.7. The molecule has 0 spiro atoms. The second-order valence-corrected chi connectivity index (χ2v) is 12.9. The van der Waals surface area contributed by atoms with Crippen LogP contribution in [-0.2, 0) is 4.79 Å². The number of allylic oxidation sites excluding steroid dienone is 2. The van der Waals surface area contributed by atoms with Crippen molar-refractivity contribution in [3.63, 3.8) is 0 Å². The summed E-state index contributed by atoms with van der Waals surface area (Å²) in [5.74, 6) is -0.595. The Hall–Kier alpha value is -0.950. The number of hydrogen-bond acceptors (Lipinski definition) is 5. The zero-order valence-corrected chi connectivity index (χ0v) is 28.5. The Morgan fingerprint density at radius 1 is 0.558 bits per heavy atom. The van der Waals surface area contributed by atoms with E-state index in [2.05, 4.69) is 31.3 Å². The Morgan fingerprint density at radius 3 is 1.40 bits per heavy atom. The molecule has 6 nitrogen and oxygen atoms in total. The van der Waals surface area contributed by atoms with Gasteiger partial charge in [0.15, 0.2) is 0 Å². The monoisotopic (exact) mass is 612 g/mol. The quantitative estimate of drug-likeness (QED) is 0.0377. The van der Waals surface area contributed by atoms with Crippen molar-refractivity contribution in [2.24, 2.45) is 0 Å². The SMILES string of the molecule is CCCCC/C=C\CCCCCCC(O)C(=O)NC(CO)C(O)C(O)CCCCCCCCCCCCCCCCCC. The molecule has 0 fully saturated rings. The largest absolute Gasteiger partial charge is 0.394 e. The highest BCUT2D eigenvalue weighted by atomic mass is 16.3. The van der Waals surface area contributed by atoms with Gasteiger partial charge in [-0.3, -0.25) is 4.79 Å². The lowest BCUT2D eigenvalue weighted by Crippen LogP contribution is -2.53. The molecule has 4 unspecified atom stereocenters. The van der Waals surface area contributed by atoms with E-state index in [1.807, 2.05) is 0 Å². The summed E-state index contributed by atoms with van der Waals surface area (Å²) in [6, 6.07) is -0.984. The van der Waals surface area contributed by atoms with Gasteiger partial charge in [0, 0.05) is 0 Å². The van der Waals surface area contributed by atoms with Gasteiger partial charge in [0.1, 0.15) is 12.2 Å². The second kappa shape index (κ2) is 32.4. The van der Waals surface area contributed by atoms with Gasteiger partial charge >= 0.3 is 0 Å². The molecule has 0 saturated heterocycles. The molecule has 0 aromatic heterocycles. The van der Waals surface area contributed by atoms with Crippen LogP contribution in [0.5, 0.6) is 0 Å². The predicted molar refractivity (Wildman–Crippen MR) is 182 cm³/mol. The van der Waals surface area contributed by atoms with E-state index in [1.54, 1.807) is 0 Å². The van der Waals surface area contributed by atoms with Gasteiger partial charge in [0.25, 0.3) is 0 Å². The summed E-state index contributed by atoms with van der Waals surface area (Å²) in [5, 5.41) is 43.4. The van der Waals surface area contributed by atoms with Gasteiger partial charge in [-0.1, -0.05) is 161 Å². The molecule has 5 N–H and O–H groups in total. The summed E-state index contributed by atoms with van der Waals surface area (Å²) in [6.45, 7) is 4.00. The molecule has 43 heavy (non-hydrogen) atoms. The van der Waals surface area contributed by atoms with Crippen LogP contribution in [0.15, 0.2) is 12.2 Å².